The quantitative estimate of drug-likeness (QED) is 0.776. The molecule has 3 aromatic rings. The fourth-order valence-corrected chi connectivity index (χ4v) is 3.82. The first-order valence-corrected chi connectivity index (χ1v) is 8.05. The van der Waals surface area contributed by atoms with Crippen molar-refractivity contribution in [3.05, 3.63) is 57.0 Å². The predicted octanol–water partition coefficient (Wildman–Crippen LogP) is 3.96. The number of nitrogens with one attached hydrogen (secondary N) is 1. The van der Waals surface area contributed by atoms with Crippen molar-refractivity contribution in [3.63, 3.8) is 0 Å². The molecule has 3 rings (SSSR count). The summed E-state index contributed by atoms with van der Waals surface area (Å²) >= 11 is 5.28. The van der Waals surface area contributed by atoms with Crippen molar-refractivity contribution < 1.29 is 0 Å². The van der Waals surface area contributed by atoms with E-state index in [2.05, 4.69) is 48.7 Å². The number of rotatable bonds is 4. The molecule has 0 aliphatic rings. The van der Waals surface area contributed by atoms with Crippen molar-refractivity contribution in [2.24, 2.45) is 0 Å². The molecule has 2 heterocycles. The van der Waals surface area contributed by atoms with Crippen molar-refractivity contribution in [2.75, 3.05) is 7.05 Å². The number of likely N-dealkylation sites (N-methyl/N-ethyl adjacent to an activating group) is 1. The maximum Gasteiger partial charge on any atom is 0.0934 e. The summed E-state index contributed by atoms with van der Waals surface area (Å²) in [5.41, 5.74) is 3.12. The SMILES string of the molecule is CNC(Cc1cc(Br)cs1)c1cccc2nccnc12. The average molecular weight is 348 g/mol. The standard InChI is InChI=1S/C15H14BrN3S/c1-17-14(8-11-7-10(16)9-20-11)12-3-2-4-13-15(12)19-6-5-18-13/h2-7,9,14,17H,8H2,1H3. The van der Waals surface area contributed by atoms with Crippen LogP contribution in [0.2, 0.25) is 0 Å². The smallest absolute Gasteiger partial charge is 0.0934 e. The lowest BCUT2D eigenvalue weighted by molar-refractivity contribution is 0.599. The minimum Gasteiger partial charge on any atom is -0.313 e. The Morgan fingerprint density at radius 3 is 2.90 bits per heavy atom. The number of halogens is 1. The second-order valence-corrected chi connectivity index (χ2v) is 6.46. The molecule has 5 heteroatoms. The first kappa shape index (κ1) is 13.7. The lowest BCUT2D eigenvalue weighted by Gasteiger charge is -2.17. The van der Waals surface area contributed by atoms with Gasteiger partial charge in [0.15, 0.2) is 0 Å². The van der Waals surface area contributed by atoms with E-state index in [0.717, 1.165) is 21.9 Å². The van der Waals surface area contributed by atoms with Crippen LogP contribution in [0.5, 0.6) is 0 Å². The second-order valence-electron chi connectivity index (χ2n) is 4.55. The molecular weight excluding hydrogens is 334 g/mol. The van der Waals surface area contributed by atoms with E-state index < -0.39 is 0 Å². The van der Waals surface area contributed by atoms with Crippen molar-refractivity contribution in [2.45, 2.75) is 12.5 Å². The van der Waals surface area contributed by atoms with Crippen LogP contribution in [-0.4, -0.2) is 17.0 Å². The van der Waals surface area contributed by atoms with Crippen molar-refractivity contribution in [3.8, 4) is 0 Å². The van der Waals surface area contributed by atoms with Gasteiger partial charge in [0.2, 0.25) is 0 Å². The number of fused-ring (bicyclic) bond motifs is 1. The van der Waals surface area contributed by atoms with Crippen LogP contribution in [-0.2, 0) is 6.42 Å². The first-order valence-electron chi connectivity index (χ1n) is 6.37. The molecule has 2 aromatic heterocycles. The Balaban J connectivity index is 1.98. The number of hydrogen-bond donors (Lipinski definition) is 1. The summed E-state index contributed by atoms with van der Waals surface area (Å²) in [6.07, 6.45) is 4.43. The minimum absolute atomic E-state index is 0.237. The van der Waals surface area contributed by atoms with Gasteiger partial charge in [0, 0.05) is 39.6 Å². The van der Waals surface area contributed by atoms with Gasteiger partial charge in [-0.05, 0) is 40.7 Å². The zero-order valence-corrected chi connectivity index (χ0v) is 13.4. The van der Waals surface area contributed by atoms with Gasteiger partial charge in [-0.2, -0.15) is 0 Å². The zero-order valence-electron chi connectivity index (χ0n) is 11.0. The van der Waals surface area contributed by atoms with Crippen LogP contribution < -0.4 is 5.32 Å². The highest BCUT2D eigenvalue weighted by Crippen LogP contribution is 2.28. The lowest BCUT2D eigenvalue weighted by Crippen LogP contribution is -2.19. The van der Waals surface area contributed by atoms with Crippen molar-refractivity contribution >= 4 is 38.3 Å². The molecule has 0 spiro atoms. The molecule has 0 fully saturated rings. The van der Waals surface area contributed by atoms with Crippen LogP contribution in [0, 0.1) is 0 Å². The molecule has 0 amide bonds. The molecule has 1 atom stereocenters. The summed E-state index contributed by atoms with van der Waals surface area (Å²) in [5, 5.41) is 5.51. The van der Waals surface area contributed by atoms with Crippen LogP contribution in [0.4, 0.5) is 0 Å². The van der Waals surface area contributed by atoms with E-state index in [1.165, 1.54) is 10.4 Å². The normalized spacial score (nSPS) is 12.7. The van der Waals surface area contributed by atoms with Gasteiger partial charge in [-0.3, -0.25) is 9.97 Å². The van der Waals surface area contributed by atoms with Gasteiger partial charge in [0.1, 0.15) is 0 Å². The minimum atomic E-state index is 0.237. The summed E-state index contributed by atoms with van der Waals surface area (Å²) in [5.74, 6) is 0. The van der Waals surface area contributed by atoms with Gasteiger partial charge in [0.05, 0.1) is 11.0 Å². The van der Waals surface area contributed by atoms with E-state index in [0.29, 0.717) is 0 Å². The van der Waals surface area contributed by atoms with E-state index in [1.807, 2.05) is 19.2 Å². The molecule has 1 unspecified atom stereocenters. The number of benzene rings is 1. The number of hydrogen-bond acceptors (Lipinski definition) is 4. The largest absolute Gasteiger partial charge is 0.313 e. The third-order valence-electron chi connectivity index (χ3n) is 3.28. The maximum absolute atomic E-state index is 4.49. The molecule has 0 aliphatic heterocycles. The average Bonchev–Trinajstić information content (AvgIpc) is 2.89. The molecular formula is C15H14BrN3S. The molecule has 20 heavy (non-hydrogen) atoms. The molecule has 3 nitrogen and oxygen atoms in total. The Morgan fingerprint density at radius 2 is 2.15 bits per heavy atom. The molecule has 1 N–H and O–H groups in total. The Kier molecular flexibility index (Phi) is 4.10. The summed E-state index contributed by atoms with van der Waals surface area (Å²) in [4.78, 5) is 10.2. The highest BCUT2D eigenvalue weighted by Gasteiger charge is 2.15. The van der Waals surface area contributed by atoms with Crippen LogP contribution in [0.25, 0.3) is 11.0 Å². The van der Waals surface area contributed by atoms with Gasteiger partial charge < -0.3 is 5.32 Å². The van der Waals surface area contributed by atoms with Crippen molar-refractivity contribution in [1.82, 2.24) is 15.3 Å². The molecule has 1 aromatic carbocycles. The third-order valence-corrected chi connectivity index (χ3v) is 5.00. The van der Waals surface area contributed by atoms with E-state index in [4.69, 9.17) is 0 Å². The molecule has 102 valence electrons. The Morgan fingerprint density at radius 1 is 1.30 bits per heavy atom. The van der Waals surface area contributed by atoms with E-state index in [9.17, 15) is 0 Å². The highest BCUT2D eigenvalue weighted by atomic mass is 79.9. The Bertz CT molecular complexity index is 720. The van der Waals surface area contributed by atoms with Crippen molar-refractivity contribution in [1.29, 1.82) is 0 Å². The van der Waals surface area contributed by atoms with Gasteiger partial charge >= 0.3 is 0 Å². The number of aromatic nitrogens is 2. The highest BCUT2D eigenvalue weighted by molar-refractivity contribution is 9.10. The molecule has 0 saturated carbocycles. The fraction of sp³-hybridized carbons (Fsp3) is 0.200. The molecule has 0 bridgehead atoms. The van der Waals surface area contributed by atoms with Crippen LogP contribution in [0.15, 0.2) is 46.5 Å². The summed E-state index contributed by atoms with van der Waals surface area (Å²) in [7, 11) is 1.99. The zero-order chi connectivity index (χ0) is 13.9. The summed E-state index contributed by atoms with van der Waals surface area (Å²) < 4.78 is 1.14. The van der Waals surface area contributed by atoms with E-state index in [1.54, 1.807) is 23.7 Å². The van der Waals surface area contributed by atoms with Gasteiger partial charge in [0.25, 0.3) is 0 Å². The molecule has 0 radical (unpaired) electrons. The van der Waals surface area contributed by atoms with Gasteiger partial charge in [-0.25, -0.2) is 0 Å². The maximum atomic E-state index is 4.49. The van der Waals surface area contributed by atoms with Crippen LogP contribution in [0.1, 0.15) is 16.5 Å². The van der Waals surface area contributed by atoms with E-state index >= 15 is 0 Å². The van der Waals surface area contributed by atoms with Gasteiger partial charge in [-0.15, -0.1) is 11.3 Å². The fourth-order valence-electron chi connectivity index (χ4n) is 2.33. The molecule has 0 aliphatic carbocycles. The monoisotopic (exact) mass is 347 g/mol. The lowest BCUT2D eigenvalue weighted by atomic mass is 10.0. The summed E-state index contributed by atoms with van der Waals surface area (Å²) in [6.45, 7) is 0. The molecule has 0 saturated heterocycles. The third kappa shape index (κ3) is 2.75. The van der Waals surface area contributed by atoms with Gasteiger partial charge in [-0.1, -0.05) is 12.1 Å². The first-order chi connectivity index (χ1) is 9.78. The summed E-state index contributed by atoms with van der Waals surface area (Å²) in [6, 6.07) is 8.58. The number of thiophene rings is 1. The number of para-hydroxylation sites is 1. The van der Waals surface area contributed by atoms with Crippen LogP contribution in [0.3, 0.4) is 0 Å². The topological polar surface area (TPSA) is 37.8 Å². The Labute approximate surface area is 130 Å². The Hall–Kier alpha value is -1.30. The van der Waals surface area contributed by atoms with Crippen LogP contribution >= 0.6 is 27.3 Å². The predicted molar refractivity (Wildman–Crippen MR) is 87.1 cm³/mol. The number of nitrogens with zero attached hydrogens (tertiary/aromatic N) is 2. The van der Waals surface area contributed by atoms with E-state index in [-0.39, 0.29) is 6.04 Å². The second kappa shape index (κ2) is 5.99.